The lowest BCUT2D eigenvalue weighted by Gasteiger charge is -2.27. The fourth-order valence-electron chi connectivity index (χ4n) is 2.53. The van der Waals surface area contributed by atoms with Gasteiger partial charge in [0.05, 0.1) is 0 Å². The molecule has 0 spiro atoms. The Morgan fingerprint density at radius 3 is 3.00 bits per heavy atom. The number of aromatic nitrogens is 3. The van der Waals surface area contributed by atoms with Crippen molar-refractivity contribution in [1.29, 1.82) is 0 Å². The summed E-state index contributed by atoms with van der Waals surface area (Å²) in [6.45, 7) is 6.90. The molecule has 18 heavy (non-hydrogen) atoms. The molecule has 1 atom stereocenters. The molecule has 1 fully saturated rings. The third-order valence-electron chi connectivity index (χ3n) is 3.53. The predicted molar refractivity (Wildman–Crippen MR) is 68.3 cm³/mol. The summed E-state index contributed by atoms with van der Waals surface area (Å²) in [5.41, 5.74) is 0. The molecular formula is C12H21N5O. The molecule has 1 aliphatic rings. The monoisotopic (exact) mass is 251 g/mol. The minimum absolute atomic E-state index is 0.109. The molecule has 1 aromatic heterocycles. The maximum absolute atomic E-state index is 12.1. The zero-order chi connectivity index (χ0) is 13.1. The third-order valence-corrected chi connectivity index (χ3v) is 3.53. The third kappa shape index (κ3) is 2.69. The Labute approximate surface area is 107 Å². The number of amides is 1. The average molecular weight is 251 g/mol. The Morgan fingerprint density at radius 2 is 2.39 bits per heavy atom. The number of carbonyl (C=O) groups is 1. The molecule has 1 aliphatic heterocycles. The lowest BCUT2D eigenvalue weighted by atomic mass is 10.2. The number of aromatic amines is 1. The highest BCUT2D eigenvalue weighted by Crippen LogP contribution is 2.17. The van der Waals surface area contributed by atoms with Gasteiger partial charge in [-0.1, -0.05) is 6.92 Å². The summed E-state index contributed by atoms with van der Waals surface area (Å²) in [6, 6.07) is 0.476. The second-order valence-corrected chi connectivity index (χ2v) is 4.85. The van der Waals surface area contributed by atoms with E-state index in [1.54, 1.807) is 11.8 Å². The number of likely N-dealkylation sites (tertiary alicyclic amines) is 1. The van der Waals surface area contributed by atoms with Crippen molar-refractivity contribution >= 4 is 5.91 Å². The summed E-state index contributed by atoms with van der Waals surface area (Å²) in [5, 5.41) is 6.61. The number of hydrogen-bond donors (Lipinski definition) is 1. The van der Waals surface area contributed by atoms with Crippen molar-refractivity contribution in [2.24, 2.45) is 0 Å². The van der Waals surface area contributed by atoms with Crippen molar-refractivity contribution in [2.75, 3.05) is 26.7 Å². The van der Waals surface area contributed by atoms with Gasteiger partial charge >= 0.3 is 0 Å². The minimum atomic E-state index is -0.109. The Kier molecular flexibility index (Phi) is 3.96. The van der Waals surface area contributed by atoms with Crippen LogP contribution in [0.25, 0.3) is 0 Å². The van der Waals surface area contributed by atoms with Crippen molar-refractivity contribution in [3.8, 4) is 0 Å². The highest BCUT2D eigenvalue weighted by Gasteiger charge is 2.26. The van der Waals surface area contributed by atoms with Gasteiger partial charge in [0.25, 0.3) is 5.91 Å². The molecule has 0 bridgehead atoms. The van der Waals surface area contributed by atoms with E-state index in [1.165, 1.54) is 12.8 Å². The van der Waals surface area contributed by atoms with Gasteiger partial charge in [0, 0.05) is 19.6 Å². The van der Waals surface area contributed by atoms with Gasteiger partial charge in [-0.3, -0.25) is 14.8 Å². The van der Waals surface area contributed by atoms with Crippen molar-refractivity contribution in [3.63, 3.8) is 0 Å². The van der Waals surface area contributed by atoms with Crippen molar-refractivity contribution in [3.05, 3.63) is 11.6 Å². The van der Waals surface area contributed by atoms with E-state index in [4.69, 9.17) is 0 Å². The van der Waals surface area contributed by atoms with E-state index < -0.39 is 0 Å². The van der Waals surface area contributed by atoms with E-state index in [0.717, 1.165) is 19.6 Å². The number of rotatable bonds is 4. The van der Waals surface area contributed by atoms with Crippen LogP contribution in [0.5, 0.6) is 0 Å². The first-order chi connectivity index (χ1) is 8.61. The first-order valence-electron chi connectivity index (χ1n) is 6.50. The molecule has 1 N–H and O–H groups in total. The Balaban J connectivity index is 1.95. The van der Waals surface area contributed by atoms with Gasteiger partial charge in [-0.15, -0.1) is 5.10 Å². The van der Waals surface area contributed by atoms with E-state index in [2.05, 4.69) is 27.0 Å². The highest BCUT2D eigenvalue weighted by molar-refractivity contribution is 5.90. The summed E-state index contributed by atoms with van der Waals surface area (Å²) in [7, 11) is 1.82. The number of nitrogens with one attached hydrogen (secondary N) is 1. The molecule has 1 unspecified atom stereocenters. The number of H-pyrrole nitrogens is 1. The molecule has 0 aliphatic carbocycles. The summed E-state index contributed by atoms with van der Waals surface area (Å²) < 4.78 is 0. The molecule has 0 saturated carbocycles. The molecule has 1 saturated heterocycles. The maximum Gasteiger partial charge on any atom is 0.293 e. The van der Waals surface area contributed by atoms with Gasteiger partial charge in [-0.25, -0.2) is 4.98 Å². The van der Waals surface area contributed by atoms with Crippen LogP contribution in [0.4, 0.5) is 0 Å². The van der Waals surface area contributed by atoms with Gasteiger partial charge < -0.3 is 4.90 Å². The SMILES string of the molecule is CCN1CCCC1CN(C)C(=O)c1n[nH]c(C)n1. The molecule has 1 amide bonds. The molecular weight excluding hydrogens is 230 g/mol. The van der Waals surface area contributed by atoms with Crippen LogP contribution in [0.3, 0.4) is 0 Å². The molecule has 6 heteroatoms. The van der Waals surface area contributed by atoms with Gasteiger partial charge in [0.1, 0.15) is 5.82 Å². The summed E-state index contributed by atoms with van der Waals surface area (Å²) in [4.78, 5) is 20.3. The van der Waals surface area contributed by atoms with Crippen LogP contribution in [-0.4, -0.2) is 63.6 Å². The smallest absolute Gasteiger partial charge is 0.293 e. The quantitative estimate of drug-likeness (QED) is 0.854. The lowest BCUT2D eigenvalue weighted by molar-refractivity contribution is 0.0743. The highest BCUT2D eigenvalue weighted by atomic mass is 16.2. The van der Waals surface area contributed by atoms with Crippen LogP contribution in [0.1, 0.15) is 36.2 Å². The second kappa shape index (κ2) is 5.48. The average Bonchev–Trinajstić information content (AvgIpc) is 2.96. The fourth-order valence-corrected chi connectivity index (χ4v) is 2.53. The minimum Gasteiger partial charge on any atom is -0.337 e. The maximum atomic E-state index is 12.1. The van der Waals surface area contributed by atoms with Crippen LogP contribution in [0.2, 0.25) is 0 Å². The van der Waals surface area contributed by atoms with Crippen LogP contribution in [0, 0.1) is 6.92 Å². The Bertz CT molecular complexity index is 416. The van der Waals surface area contributed by atoms with Crippen molar-refractivity contribution < 1.29 is 4.79 Å². The molecule has 6 nitrogen and oxygen atoms in total. The molecule has 100 valence electrons. The van der Waals surface area contributed by atoms with E-state index in [9.17, 15) is 4.79 Å². The normalized spacial score (nSPS) is 20.3. The fraction of sp³-hybridized carbons (Fsp3) is 0.750. The number of aryl methyl sites for hydroxylation is 1. The first kappa shape index (κ1) is 13.0. The van der Waals surface area contributed by atoms with E-state index in [0.29, 0.717) is 11.9 Å². The molecule has 2 rings (SSSR count). The largest absolute Gasteiger partial charge is 0.337 e. The van der Waals surface area contributed by atoms with Gasteiger partial charge in [0.15, 0.2) is 0 Å². The van der Waals surface area contributed by atoms with Crippen LogP contribution in [-0.2, 0) is 0 Å². The first-order valence-corrected chi connectivity index (χ1v) is 6.50. The van der Waals surface area contributed by atoms with Crippen molar-refractivity contribution in [2.45, 2.75) is 32.7 Å². The van der Waals surface area contributed by atoms with Gasteiger partial charge in [0.2, 0.25) is 5.82 Å². The van der Waals surface area contributed by atoms with Crippen LogP contribution < -0.4 is 0 Å². The molecule has 1 aromatic rings. The van der Waals surface area contributed by atoms with E-state index >= 15 is 0 Å². The lowest BCUT2D eigenvalue weighted by Crippen LogP contribution is -2.41. The summed E-state index contributed by atoms with van der Waals surface area (Å²) in [6.07, 6.45) is 2.39. The van der Waals surface area contributed by atoms with E-state index in [-0.39, 0.29) is 11.7 Å². The van der Waals surface area contributed by atoms with Gasteiger partial charge in [-0.2, -0.15) is 0 Å². The molecule has 0 aromatic carbocycles. The zero-order valence-electron chi connectivity index (χ0n) is 11.3. The predicted octanol–water partition coefficient (Wildman–Crippen LogP) is 0.669. The molecule has 2 heterocycles. The van der Waals surface area contributed by atoms with Crippen LogP contribution in [0.15, 0.2) is 0 Å². The summed E-state index contributed by atoms with van der Waals surface area (Å²) >= 11 is 0. The zero-order valence-corrected chi connectivity index (χ0v) is 11.3. The Morgan fingerprint density at radius 1 is 1.61 bits per heavy atom. The number of likely N-dealkylation sites (N-methyl/N-ethyl adjacent to an activating group) is 2. The molecule has 0 radical (unpaired) electrons. The number of carbonyl (C=O) groups excluding carboxylic acids is 1. The van der Waals surface area contributed by atoms with E-state index in [1.807, 2.05) is 7.05 Å². The standard InChI is InChI=1S/C12H21N5O/c1-4-17-7-5-6-10(17)8-16(3)12(18)11-13-9(2)14-15-11/h10H,4-8H2,1-3H3,(H,13,14,15). The topological polar surface area (TPSA) is 65.1 Å². The van der Waals surface area contributed by atoms with Crippen LogP contribution >= 0.6 is 0 Å². The number of nitrogens with zero attached hydrogens (tertiary/aromatic N) is 4. The Hall–Kier alpha value is -1.43. The van der Waals surface area contributed by atoms with Crippen molar-refractivity contribution in [1.82, 2.24) is 25.0 Å². The van der Waals surface area contributed by atoms with Gasteiger partial charge in [-0.05, 0) is 32.9 Å². The number of hydrogen-bond acceptors (Lipinski definition) is 4. The second-order valence-electron chi connectivity index (χ2n) is 4.85. The summed E-state index contributed by atoms with van der Waals surface area (Å²) in [5.74, 6) is 0.821.